The molecule has 1 amide bonds. The van der Waals surface area contributed by atoms with Crippen LogP contribution in [0.1, 0.15) is 56.6 Å². The number of ether oxygens (including phenoxy) is 2. The Bertz CT molecular complexity index is 1220. The van der Waals surface area contributed by atoms with Crippen molar-refractivity contribution in [2.45, 2.75) is 63.2 Å². The molecule has 3 atom stereocenters. The zero-order valence-corrected chi connectivity index (χ0v) is 22.6. The predicted octanol–water partition coefficient (Wildman–Crippen LogP) is 4.23. The van der Waals surface area contributed by atoms with Crippen molar-refractivity contribution in [1.82, 2.24) is 19.5 Å². The number of nitrogens with zero attached hydrogens (tertiary/aromatic N) is 4. The number of anilines is 1. The van der Waals surface area contributed by atoms with Crippen LogP contribution in [0.15, 0.2) is 43.0 Å². The molecule has 2 aromatic heterocycles. The standard InChI is InChI=1S/C25H31N5O5S2/c1-16(32)9-10-25(2,3)37-36-15-34-18-11-20(35-19(18)12-31)30-14-28-21-22(26-13-27-23(21)30)29-24(33)17-7-5-4-6-8-17/h4-8,13-14,18-20,31H,9-12,15H2,1-3H3,(H,26,27,29,33)/t18?,19-,20-/m1/s1. The zero-order chi connectivity index (χ0) is 26.4. The third kappa shape index (κ3) is 7.08. The number of aromatic nitrogens is 4. The van der Waals surface area contributed by atoms with Crippen LogP contribution in [0, 0.1) is 0 Å². The Morgan fingerprint density at radius 3 is 2.76 bits per heavy atom. The van der Waals surface area contributed by atoms with E-state index in [2.05, 4.69) is 34.1 Å². The maximum absolute atomic E-state index is 12.6. The molecule has 1 fully saturated rings. The van der Waals surface area contributed by atoms with Crippen molar-refractivity contribution in [3.05, 3.63) is 48.5 Å². The van der Waals surface area contributed by atoms with Crippen LogP contribution in [0.3, 0.4) is 0 Å². The maximum atomic E-state index is 12.6. The van der Waals surface area contributed by atoms with E-state index in [4.69, 9.17) is 9.47 Å². The third-order valence-corrected chi connectivity index (χ3v) is 8.99. The van der Waals surface area contributed by atoms with Gasteiger partial charge in [0.1, 0.15) is 30.4 Å². The van der Waals surface area contributed by atoms with Crippen molar-refractivity contribution < 1.29 is 24.2 Å². The fraction of sp³-hybridized carbons (Fsp3) is 0.480. The summed E-state index contributed by atoms with van der Waals surface area (Å²) < 4.78 is 13.9. The lowest BCUT2D eigenvalue weighted by Crippen LogP contribution is -2.27. The first kappa shape index (κ1) is 27.5. The highest BCUT2D eigenvalue weighted by Gasteiger charge is 2.37. The Kier molecular flexibility index (Phi) is 9.19. The smallest absolute Gasteiger partial charge is 0.256 e. The number of benzene rings is 1. The summed E-state index contributed by atoms with van der Waals surface area (Å²) >= 11 is 0. The van der Waals surface area contributed by atoms with Crippen molar-refractivity contribution in [2.24, 2.45) is 0 Å². The third-order valence-electron chi connectivity index (χ3n) is 5.99. The van der Waals surface area contributed by atoms with Crippen LogP contribution in [0.4, 0.5) is 5.82 Å². The molecular formula is C25H31N5O5S2. The van der Waals surface area contributed by atoms with E-state index in [9.17, 15) is 14.7 Å². The van der Waals surface area contributed by atoms with Gasteiger partial charge in [0.2, 0.25) is 0 Å². The predicted molar refractivity (Wildman–Crippen MR) is 144 cm³/mol. The van der Waals surface area contributed by atoms with Crippen LogP contribution in [0.2, 0.25) is 0 Å². The molecule has 0 radical (unpaired) electrons. The largest absolute Gasteiger partial charge is 0.394 e. The summed E-state index contributed by atoms with van der Waals surface area (Å²) in [6.07, 6.45) is 3.60. The van der Waals surface area contributed by atoms with Gasteiger partial charge >= 0.3 is 0 Å². The second kappa shape index (κ2) is 12.4. The molecule has 1 aliphatic heterocycles. The minimum Gasteiger partial charge on any atom is -0.394 e. The summed E-state index contributed by atoms with van der Waals surface area (Å²) in [5.41, 5.74) is 1.47. The molecule has 37 heavy (non-hydrogen) atoms. The molecule has 2 N–H and O–H groups in total. The molecule has 1 saturated heterocycles. The first-order valence-electron chi connectivity index (χ1n) is 12.0. The van der Waals surface area contributed by atoms with Gasteiger partial charge in [0, 0.05) is 23.2 Å². The fourth-order valence-electron chi connectivity index (χ4n) is 3.95. The Hall–Kier alpha value is -2.51. The number of imidazole rings is 1. The first-order chi connectivity index (χ1) is 17.8. The van der Waals surface area contributed by atoms with Crippen LogP contribution < -0.4 is 5.32 Å². The number of fused-ring (bicyclic) bond motifs is 1. The second-order valence-corrected chi connectivity index (χ2v) is 12.4. The van der Waals surface area contributed by atoms with E-state index < -0.39 is 12.3 Å². The molecule has 1 unspecified atom stereocenters. The summed E-state index contributed by atoms with van der Waals surface area (Å²) in [7, 11) is 3.27. The van der Waals surface area contributed by atoms with Gasteiger partial charge in [-0.2, -0.15) is 0 Å². The number of carbonyl (C=O) groups excluding carboxylic acids is 2. The molecule has 4 rings (SSSR count). The topological polar surface area (TPSA) is 128 Å². The van der Waals surface area contributed by atoms with E-state index >= 15 is 0 Å². The molecule has 3 aromatic rings. The SMILES string of the molecule is CC(=O)CCC(C)(C)SSCOC1C[C@H](n2cnc3c(NC(=O)c4ccccc4)ncnc32)O[C@@H]1CO. The highest BCUT2D eigenvalue weighted by molar-refractivity contribution is 8.77. The van der Waals surface area contributed by atoms with Gasteiger partial charge in [0.15, 0.2) is 17.0 Å². The number of aliphatic hydroxyl groups excluding tert-OH is 1. The first-order valence-corrected chi connectivity index (χ1v) is 14.3. The van der Waals surface area contributed by atoms with Gasteiger partial charge in [-0.25, -0.2) is 15.0 Å². The minimum atomic E-state index is -0.488. The van der Waals surface area contributed by atoms with Gasteiger partial charge in [0.25, 0.3) is 5.91 Å². The van der Waals surface area contributed by atoms with Gasteiger partial charge in [-0.1, -0.05) is 39.8 Å². The van der Waals surface area contributed by atoms with Crippen molar-refractivity contribution in [3.63, 3.8) is 0 Å². The highest BCUT2D eigenvalue weighted by atomic mass is 33.1. The number of Topliss-reactive ketones (excluding diaryl/α,β-unsaturated/α-hetero) is 1. The monoisotopic (exact) mass is 545 g/mol. The van der Waals surface area contributed by atoms with Gasteiger partial charge in [-0.05, 0) is 39.3 Å². The van der Waals surface area contributed by atoms with Gasteiger partial charge < -0.3 is 24.7 Å². The van der Waals surface area contributed by atoms with Gasteiger partial charge in [-0.3, -0.25) is 9.36 Å². The Balaban J connectivity index is 1.38. The molecule has 1 aromatic carbocycles. The van der Waals surface area contributed by atoms with Crippen LogP contribution >= 0.6 is 21.6 Å². The number of carbonyl (C=O) groups is 2. The molecule has 0 bridgehead atoms. The fourth-order valence-corrected chi connectivity index (χ4v) is 6.25. The number of ketones is 1. The molecule has 10 nitrogen and oxygen atoms in total. The number of amides is 1. The Labute approximate surface area is 223 Å². The molecule has 0 spiro atoms. The summed E-state index contributed by atoms with van der Waals surface area (Å²) in [6, 6.07) is 8.86. The normalized spacial score (nSPS) is 19.8. The van der Waals surface area contributed by atoms with Crippen molar-refractivity contribution >= 4 is 50.3 Å². The second-order valence-electron chi connectivity index (χ2n) is 9.40. The number of aliphatic hydroxyl groups is 1. The Morgan fingerprint density at radius 1 is 1.24 bits per heavy atom. The lowest BCUT2D eigenvalue weighted by atomic mass is 10.1. The lowest BCUT2D eigenvalue weighted by Gasteiger charge is -2.23. The number of hydrogen-bond acceptors (Lipinski definition) is 10. The zero-order valence-electron chi connectivity index (χ0n) is 21.0. The molecule has 1 aliphatic rings. The molecule has 12 heteroatoms. The van der Waals surface area contributed by atoms with E-state index in [1.165, 1.54) is 6.33 Å². The van der Waals surface area contributed by atoms with E-state index in [-0.39, 0.29) is 29.1 Å². The quantitative estimate of drug-likeness (QED) is 0.194. The number of rotatable bonds is 12. The maximum Gasteiger partial charge on any atom is 0.256 e. The lowest BCUT2D eigenvalue weighted by molar-refractivity contribution is -0.117. The van der Waals surface area contributed by atoms with Crippen molar-refractivity contribution in [1.29, 1.82) is 0 Å². The van der Waals surface area contributed by atoms with Gasteiger partial charge in [-0.15, -0.1) is 0 Å². The van der Waals surface area contributed by atoms with Crippen LogP contribution in [0.5, 0.6) is 0 Å². The van der Waals surface area contributed by atoms with E-state index in [0.29, 0.717) is 41.3 Å². The molecule has 3 heterocycles. The average molecular weight is 546 g/mol. The number of hydrogen-bond donors (Lipinski definition) is 2. The molecular weight excluding hydrogens is 514 g/mol. The van der Waals surface area contributed by atoms with Crippen molar-refractivity contribution in [2.75, 3.05) is 17.9 Å². The van der Waals surface area contributed by atoms with Gasteiger partial charge in [0.05, 0.1) is 19.0 Å². The molecule has 198 valence electrons. The molecule has 0 saturated carbocycles. The van der Waals surface area contributed by atoms with E-state index in [0.717, 1.165) is 6.42 Å². The summed E-state index contributed by atoms with van der Waals surface area (Å²) in [6.45, 7) is 5.66. The van der Waals surface area contributed by atoms with Crippen LogP contribution in [-0.2, 0) is 14.3 Å². The van der Waals surface area contributed by atoms with Crippen LogP contribution in [-0.4, -0.2) is 65.8 Å². The summed E-state index contributed by atoms with van der Waals surface area (Å²) in [5, 5.41) is 12.7. The summed E-state index contributed by atoms with van der Waals surface area (Å²) in [4.78, 5) is 36.9. The van der Waals surface area contributed by atoms with E-state index in [1.807, 2.05) is 6.07 Å². The van der Waals surface area contributed by atoms with Crippen molar-refractivity contribution in [3.8, 4) is 0 Å². The molecule has 0 aliphatic carbocycles. The van der Waals surface area contributed by atoms with Crippen LogP contribution in [0.25, 0.3) is 11.2 Å². The van der Waals surface area contributed by atoms with E-state index in [1.54, 1.807) is 63.7 Å². The minimum absolute atomic E-state index is 0.0478. The average Bonchev–Trinajstić information content (AvgIpc) is 3.50. The Morgan fingerprint density at radius 2 is 2.03 bits per heavy atom. The summed E-state index contributed by atoms with van der Waals surface area (Å²) in [5.74, 6) is 0.634. The highest BCUT2D eigenvalue weighted by Crippen LogP contribution is 2.40. The number of nitrogens with one attached hydrogen (secondary N) is 1.